The Bertz CT molecular complexity index is 2220. The first-order valence-electron chi connectivity index (χ1n) is 19.3. The third-order valence-electron chi connectivity index (χ3n) is 10.7. The number of aromatic amines is 2. The summed E-state index contributed by atoms with van der Waals surface area (Å²) in [6.07, 6.45) is 6.26. The summed E-state index contributed by atoms with van der Waals surface area (Å²) in [7, 11) is 1.29. The van der Waals surface area contributed by atoms with Gasteiger partial charge in [0.2, 0.25) is 17.7 Å². The maximum atomic E-state index is 13.6. The molecule has 0 spiro atoms. The number of nitrogens with one attached hydrogen (secondary N) is 4. The average Bonchev–Trinajstić information content (AvgIpc) is 4.03. The Morgan fingerprint density at radius 2 is 1.30 bits per heavy atom. The van der Waals surface area contributed by atoms with E-state index >= 15 is 0 Å². The fourth-order valence-corrected chi connectivity index (χ4v) is 8.72. The van der Waals surface area contributed by atoms with Crippen molar-refractivity contribution in [2.45, 2.75) is 84.5 Å². The minimum Gasteiger partial charge on any atom is -0.453 e. The van der Waals surface area contributed by atoms with E-state index in [-0.39, 0.29) is 41.6 Å². The Labute approximate surface area is 329 Å². The number of hydrogen-bond donors (Lipinski definition) is 4. The number of carbonyl (C=O) groups is 4. The number of alkyl carbamates (subject to hydrolysis) is 1. The van der Waals surface area contributed by atoms with Crippen LogP contribution in [-0.4, -0.2) is 90.8 Å². The van der Waals surface area contributed by atoms with Gasteiger partial charge in [-0.05, 0) is 66.3 Å². The molecule has 0 radical (unpaired) electrons. The first-order valence-corrected chi connectivity index (χ1v) is 20.1. The van der Waals surface area contributed by atoms with Crippen molar-refractivity contribution in [1.82, 2.24) is 45.4 Å². The van der Waals surface area contributed by atoms with E-state index < -0.39 is 18.2 Å². The van der Waals surface area contributed by atoms with Crippen LogP contribution >= 0.6 is 11.3 Å². The number of likely N-dealkylation sites (tertiary alicyclic amines) is 2. The largest absolute Gasteiger partial charge is 0.453 e. The van der Waals surface area contributed by atoms with Crippen molar-refractivity contribution in [2.24, 2.45) is 11.8 Å². The topological polar surface area (TPSA) is 178 Å². The van der Waals surface area contributed by atoms with Gasteiger partial charge >= 0.3 is 6.09 Å². The summed E-state index contributed by atoms with van der Waals surface area (Å²) >= 11 is 1.58. The zero-order valence-corrected chi connectivity index (χ0v) is 33.4. The Balaban J connectivity index is 1.04. The predicted molar refractivity (Wildman–Crippen MR) is 214 cm³/mol. The highest BCUT2D eigenvalue weighted by Crippen LogP contribution is 2.37. The van der Waals surface area contributed by atoms with E-state index in [4.69, 9.17) is 14.7 Å². The highest BCUT2D eigenvalue weighted by molar-refractivity contribution is 7.21. The van der Waals surface area contributed by atoms with Crippen LogP contribution in [0.4, 0.5) is 4.79 Å². The lowest BCUT2D eigenvalue weighted by Crippen LogP contribution is -2.51. The highest BCUT2D eigenvalue weighted by atomic mass is 32.1. The Morgan fingerprint density at radius 1 is 0.768 bits per heavy atom. The number of nitrogens with zero attached hydrogens (tertiary/aromatic N) is 5. The molecule has 4 amide bonds. The fourth-order valence-electron chi connectivity index (χ4n) is 7.75. The summed E-state index contributed by atoms with van der Waals surface area (Å²) in [4.78, 5) is 75.7. The monoisotopic (exact) mass is 779 g/mol. The van der Waals surface area contributed by atoms with Gasteiger partial charge in [-0.25, -0.2) is 19.7 Å². The number of aromatic nitrogens is 5. The standard InChI is InChI=1S/C41H49N9O5S/c1-22(2)34(44-24(5)51)39(52)49-17-7-9-31(49)36-42-20-29(45-36)26-13-11-25(12-14-26)27-15-16-28-33(19-27)56-38(47-28)30-21-43-37(46-30)32-10-8-18-50(32)40(53)35(23(3)4)48-41(54)55-6/h11-16,19-23,31-32,34-35H,7-10,17-18H2,1-6H3,(H,42,45)(H,43,46)(H,44,51)(H,48,54)/t31?,32-,34-,35-/m0/s1. The van der Waals surface area contributed by atoms with Crippen LogP contribution in [0.25, 0.3) is 43.3 Å². The first-order chi connectivity index (χ1) is 26.9. The second-order valence-corrected chi connectivity index (χ2v) is 16.3. The van der Waals surface area contributed by atoms with Gasteiger partial charge in [0.15, 0.2) is 0 Å². The number of H-pyrrole nitrogens is 2. The van der Waals surface area contributed by atoms with Crippen molar-refractivity contribution >= 4 is 45.4 Å². The lowest BCUT2D eigenvalue weighted by Gasteiger charge is -2.30. The second-order valence-electron chi connectivity index (χ2n) is 15.3. The molecule has 2 saturated heterocycles. The number of benzene rings is 2. The van der Waals surface area contributed by atoms with Crippen LogP contribution in [0.1, 0.15) is 84.0 Å². The molecule has 5 heterocycles. The minimum absolute atomic E-state index is 0.0293. The van der Waals surface area contributed by atoms with E-state index in [0.29, 0.717) is 18.9 Å². The van der Waals surface area contributed by atoms with E-state index in [1.807, 2.05) is 44.9 Å². The number of rotatable bonds is 11. The van der Waals surface area contributed by atoms with Crippen LogP contribution in [-0.2, 0) is 19.1 Å². The lowest BCUT2D eigenvalue weighted by molar-refractivity contribution is -0.138. The van der Waals surface area contributed by atoms with Crippen molar-refractivity contribution in [3.05, 3.63) is 66.5 Å². The number of imidazole rings is 2. The molecule has 5 aromatic rings. The van der Waals surface area contributed by atoms with Crippen molar-refractivity contribution in [1.29, 1.82) is 0 Å². The molecule has 56 heavy (non-hydrogen) atoms. The number of thiazole rings is 1. The molecule has 2 aliphatic heterocycles. The van der Waals surface area contributed by atoms with Gasteiger partial charge in [0.25, 0.3) is 0 Å². The second kappa shape index (κ2) is 16.3. The van der Waals surface area contributed by atoms with Gasteiger partial charge in [-0.3, -0.25) is 14.4 Å². The molecular weight excluding hydrogens is 731 g/mol. The van der Waals surface area contributed by atoms with Crippen LogP contribution in [0.15, 0.2) is 54.9 Å². The van der Waals surface area contributed by atoms with Crippen LogP contribution in [0.2, 0.25) is 0 Å². The maximum Gasteiger partial charge on any atom is 0.407 e. The van der Waals surface area contributed by atoms with E-state index in [0.717, 1.165) is 74.8 Å². The van der Waals surface area contributed by atoms with Gasteiger partial charge in [-0.15, -0.1) is 11.3 Å². The minimum atomic E-state index is -0.696. The van der Waals surface area contributed by atoms with Crippen LogP contribution < -0.4 is 10.6 Å². The molecule has 294 valence electrons. The maximum absolute atomic E-state index is 13.6. The van der Waals surface area contributed by atoms with Crippen molar-refractivity contribution < 1.29 is 23.9 Å². The zero-order chi connectivity index (χ0) is 39.7. The summed E-state index contributed by atoms with van der Waals surface area (Å²) in [6.45, 7) is 10.3. The molecule has 4 atom stereocenters. The predicted octanol–water partition coefficient (Wildman–Crippen LogP) is 6.61. The quantitative estimate of drug-likeness (QED) is 0.116. The smallest absolute Gasteiger partial charge is 0.407 e. The van der Waals surface area contributed by atoms with E-state index in [1.165, 1.54) is 14.0 Å². The molecule has 4 N–H and O–H groups in total. The number of methoxy groups -OCH3 is 1. The molecule has 14 nitrogen and oxygen atoms in total. The Kier molecular flexibility index (Phi) is 11.2. The molecule has 2 aromatic carbocycles. The average molecular weight is 780 g/mol. The summed E-state index contributed by atoms with van der Waals surface area (Å²) < 4.78 is 5.80. The molecule has 15 heteroatoms. The summed E-state index contributed by atoms with van der Waals surface area (Å²) in [5.74, 6) is 0.872. The highest BCUT2D eigenvalue weighted by Gasteiger charge is 2.38. The molecule has 7 rings (SSSR count). The number of hydrogen-bond acceptors (Lipinski definition) is 9. The number of carbonyl (C=O) groups excluding carboxylic acids is 4. The van der Waals surface area contributed by atoms with Crippen LogP contribution in [0.5, 0.6) is 0 Å². The van der Waals surface area contributed by atoms with Crippen molar-refractivity contribution in [3.63, 3.8) is 0 Å². The van der Waals surface area contributed by atoms with Gasteiger partial charge < -0.3 is 35.1 Å². The molecule has 0 aliphatic carbocycles. The van der Waals surface area contributed by atoms with Crippen molar-refractivity contribution in [3.8, 4) is 33.1 Å². The first kappa shape index (κ1) is 38.7. The molecule has 0 bridgehead atoms. The van der Waals surface area contributed by atoms with E-state index in [2.05, 4.69) is 62.0 Å². The molecule has 2 aliphatic rings. The SMILES string of the molecule is COC(=O)N[C@H](C(=O)N1CCC[C@H]1c1ncc(-c2nc3ccc(-c4ccc(-c5cnc(C6CCCN6C(=O)[C@@H](NC(C)=O)C(C)C)[nH]5)cc4)cc3s2)[nH]1)C(C)C. The zero-order valence-electron chi connectivity index (χ0n) is 32.6. The fraction of sp³-hybridized carbons (Fsp3) is 0.439. The Hall–Kier alpha value is -5.57. The summed E-state index contributed by atoms with van der Waals surface area (Å²) in [6, 6.07) is 12.9. The molecule has 3 aromatic heterocycles. The molecule has 2 fully saturated rings. The van der Waals surface area contributed by atoms with Gasteiger partial charge in [0.1, 0.15) is 28.7 Å². The summed E-state index contributed by atoms with van der Waals surface area (Å²) in [5.41, 5.74) is 5.66. The number of amides is 4. The number of fused-ring (bicyclic) bond motifs is 1. The normalized spacial score (nSPS) is 18.1. The molecule has 0 saturated carbocycles. The van der Waals surface area contributed by atoms with Gasteiger partial charge in [0, 0.05) is 20.0 Å². The van der Waals surface area contributed by atoms with Gasteiger partial charge in [-0.2, -0.15) is 0 Å². The van der Waals surface area contributed by atoms with Crippen LogP contribution in [0, 0.1) is 11.8 Å². The van der Waals surface area contributed by atoms with Crippen molar-refractivity contribution in [2.75, 3.05) is 20.2 Å². The van der Waals surface area contributed by atoms with E-state index in [9.17, 15) is 19.2 Å². The molecule has 1 unspecified atom stereocenters. The van der Waals surface area contributed by atoms with E-state index in [1.54, 1.807) is 22.4 Å². The van der Waals surface area contributed by atoms with Gasteiger partial charge in [-0.1, -0.05) is 58.0 Å². The number of ether oxygens (including phenoxy) is 1. The third-order valence-corrected chi connectivity index (χ3v) is 11.8. The van der Waals surface area contributed by atoms with Gasteiger partial charge in [0.05, 0.1) is 53.2 Å². The summed E-state index contributed by atoms with van der Waals surface area (Å²) in [5, 5.41) is 6.33. The van der Waals surface area contributed by atoms with Crippen LogP contribution in [0.3, 0.4) is 0 Å². The molecular formula is C41H49N9O5S. The Morgan fingerprint density at radius 3 is 1.88 bits per heavy atom. The lowest BCUT2D eigenvalue weighted by atomic mass is 10.0. The third kappa shape index (κ3) is 7.90.